The summed E-state index contributed by atoms with van der Waals surface area (Å²) in [6.45, 7) is 4.92. The van der Waals surface area contributed by atoms with E-state index >= 15 is 0 Å². The second-order valence-corrected chi connectivity index (χ2v) is 23.2. The molecule has 0 aromatic carbocycles. The molecule has 0 aliphatic heterocycles. The van der Waals surface area contributed by atoms with Gasteiger partial charge in [0.2, 0.25) is 5.91 Å². The fraction of sp³-hybridized carbons (Fsp3) is 0.940. The maximum atomic E-state index is 12.5. The lowest BCUT2D eigenvalue weighted by Crippen LogP contribution is -2.45. The maximum absolute atomic E-state index is 12.5. The predicted octanol–water partition coefficient (Wildman–Crippen LogP) is 21.2. The van der Waals surface area contributed by atoms with Gasteiger partial charge < -0.3 is 20.3 Å². The first-order chi connectivity index (χ1) is 36.0. The van der Waals surface area contributed by atoms with Crippen LogP contribution in [-0.2, 0) is 14.3 Å². The van der Waals surface area contributed by atoms with Crippen molar-refractivity contribution >= 4 is 11.9 Å². The SMILES string of the molecule is CCCCCCCCCCCCCCCCCCCCCCCCC/C=C/C(O)C(CO)NC(=O)CCCCCCCCCCCCCCCOC(=O)CCCCCCCCCCCCCCCCCCCC. The van der Waals surface area contributed by atoms with Crippen LogP contribution in [0, 0.1) is 0 Å². The lowest BCUT2D eigenvalue weighted by molar-refractivity contribution is -0.143. The van der Waals surface area contributed by atoms with Crippen LogP contribution in [0.25, 0.3) is 0 Å². The number of nitrogens with one attached hydrogen (secondary N) is 1. The molecular formula is C67H131NO5. The summed E-state index contributed by atoms with van der Waals surface area (Å²) in [7, 11) is 0. The number of hydrogen-bond acceptors (Lipinski definition) is 5. The maximum Gasteiger partial charge on any atom is 0.305 e. The van der Waals surface area contributed by atoms with Crippen LogP contribution < -0.4 is 5.32 Å². The summed E-state index contributed by atoms with van der Waals surface area (Å²) in [5.74, 6) is -0.0766. The third-order valence-electron chi connectivity index (χ3n) is 15.8. The Hall–Kier alpha value is -1.40. The van der Waals surface area contributed by atoms with Gasteiger partial charge in [0, 0.05) is 12.8 Å². The van der Waals surface area contributed by atoms with Gasteiger partial charge in [-0.2, -0.15) is 0 Å². The first-order valence-corrected chi connectivity index (χ1v) is 33.5. The second kappa shape index (κ2) is 63.1. The molecule has 0 rings (SSSR count). The quantitative estimate of drug-likeness (QED) is 0.0320. The van der Waals surface area contributed by atoms with E-state index in [1.807, 2.05) is 6.08 Å². The van der Waals surface area contributed by atoms with E-state index in [2.05, 4.69) is 19.2 Å². The van der Waals surface area contributed by atoms with Gasteiger partial charge in [0.05, 0.1) is 25.4 Å². The van der Waals surface area contributed by atoms with Crippen molar-refractivity contribution in [1.29, 1.82) is 0 Å². The normalized spacial score (nSPS) is 12.5. The summed E-state index contributed by atoms with van der Waals surface area (Å²) in [6, 6.07) is -0.638. The van der Waals surface area contributed by atoms with Crippen LogP contribution >= 0.6 is 0 Å². The minimum atomic E-state index is -0.854. The molecule has 434 valence electrons. The summed E-state index contributed by atoms with van der Waals surface area (Å²) >= 11 is 0. The van der Waals surface area contributed by atoms with E-state index in [1.54, 1.807) is 6.08 Å². The zero-order valence-electron chi connectivity index (χ0n) is 49.6. The molecule has 1 amide bonds. The minimum absolute atomic E-state index is 0.000997. The minimum Gasteiger partial charge on any atom is -0.466 e. The Labute approximate surface area is 457 Å². The molecule has 0 aromatic rings. The number of aliphatic hydroxyl groups excluding tert-OH is 2. The monoisotopic (exact) mass is 1030 g/mol. The van der Waals surface area contributed by atoms with Crippen molar-refractivity contribution in [2.75, 3.05) is 13.2 Å². The number of rotatable bonds is 63. The second-order valence-electron chi connectivity index (χ2n) is 23.2. The summed E-state index contributed by atoms with van der Waals surface area (Å²) in [5.41, 5.74) is 0. The Kier molecular flexibility index (Phi) is 61.9. The van der Waals surface area contributed by atoms with Crippen LogP contribution in [0.4, 0.5) is 0 Å². The van der Waals surface area contributed by atoms with E-state index in [4.69, 9.17) is 4.74 Å². The fourth-order valence-electron chi connectivity index (χ4n) is 10.7. The van der Waals surface area contributed by atoms with Gasteiger partial charge in [-0.25, -0.2) is 0 Å². The molecule has 0 heterocycles. The third kappa shape index (κ3) is 59.7. The van der Waals surface area contributed by atoms with Gasteiger partial charge in [-0.15, -0.1) is 0 Å². The Bertz CT molecular complexity index is 1100. The number of carbonyl (C=O) groups excluding carboxylic acids is 2. The van der Waals surface area contributed by atoms with E-state index in [-0.39, 0.29) is 18.5 Å². The van der Waals surface area contributed by atoms with Crippen molar-refractivity contribution in [3.05, 3.63) is 12.2 Å². The highest BCUT2D eigenvalue weighted by Gasteiger charge is 2.18. The van der Waals surface area contributed by atoms with E-state index in [1.165, 1.54) is 295 Å². The Morgan fingerprint density at radius 2 is 0.630 bits per heavy atom. The molecule has 6 nitrogen and oxygen atoms in total. The first kappa shape index (κ1) is 71.6. The van der Waals surface area contributed by atoms with Crippen molar-refractivity contribution in [3.63, 3.8) is 0 Å². The summed E-state index contributed by atoms with van der Waals surface area (Å²) in [4.78, 5) is 24.6. The topological polar surface area (TPSA) is 95.9 Å². The highest BCUT2D eigenvalue weighted by molar-refractivity contribution is 5.76. The standard InChI is InChI=1S/C67H131NO5/c1-3-5-7-9-11-13-15-17-19-21-23-24-25-26-27-28-29-30-32-35-39-43-47-51-55-59-65(70)64(63-69)68-66(71)60-56-52-48-44-40-36-34-38-42-46-50-54-58-62-73-67(72)61-57-53-49-45-41-37-33-31-22-20-18-16-14-12-10-8-6-4-2/h55,59,64-65,69-70H,3-54,56-58,60-63H2,1-2H3,(H,68,71)/b59-55+. The van der Waals surface area contributed by atoms with E-state index in [9.17, 15) is 19.8 Å². The van der Waals surface area contributed by atoms with E-state index in [0.717, 1.165) is 57.8 Å². The van der Waals surface area contributed by atoms with Crippen LogP contribution in [0.2, 0.25) is 0 Å². The summed E-state index contributed by atoms with van der Waals surface area (Å²) < 4.78 is 5.49. The zero-order valence-corrected chi connectivity index (χ0v) is 49.6. The molecule has 0 saturated heterocycles. The highest BCUT2D eigenvalue weighted by atomic mass is 16.5. The molecular weight excluding hydrogens is 899 g/mol. The summed E-state index contributed by atoms with van der Waals surface area (Å²) in [5, 5.41) is 23.2. The number of unbranched alkanes of at least 4 members (excludes halogenated alkanes) is 52. The predicted molar refractivity (Wildman–Crippen MR) is 320 cm³/mol. The van der Waals surface area contributed by atoms with Crippen molar-refractivity contribution < 1.29 is 24.5 Å². The van der Waals surface area contributed by atoms with Gasteiger partial charge in [-0.3, -0.25) is 9.59 Å². The van der Waals surface area contributed by atoms with Gasteiger partial charge in [0.15, 0.2) is 0 Å². The molecule has 0 aliphatic carbocycles. The Balaban J connectivity index is 3.44. The van der Waals surface area contributed by atoms with Crippen LogP contribution in [0.15, 0.2) is 12.2 Å². The van der Waals surface area contributed by atoms with Crippen LogP contribution in [-0.4, -0.2) is 47.4 Å². The number of carbonyl (C=O) groups is 2. The van der Waals surface area contributed by atoms with Crippen molar-refractivity contribution in [2.45, 2.75) is 392 Å². The average Bonchev–Trinajstić information content (AvgIpc) is 3.39. The van der Waals surface area contributed by atoms with Crippen molar-refractivity contribution in [1.82, 2.24) is 5.32 Å². The van der Waals surface area contributed by atoms with Crippen molar-refractivity contribution in [2.24, 2.45) is 0 Å². The molecule has 3 N–H and O–H groups in total. The van der Waals surface area contributed by atoms with Gasteiger partial charge in [0.1, 0.15) is 0 Å². The summed E-state index contributed by atoms with van der Waals surface area (Å²) in [6.07, 6.45) is 76.9. The van der Waals surface area contributed by atoms with Crippen LogP contribution in [0.5, 0.6) is 0 Å². The fourth-order valence-corrected chi connectivity index (χ4v) is 10.7. The molecule has 2 atom stereocenters. The third-order valence-corrected chi connectivity index (χ3v) is 15.8. The number of esters is 1. The van der Waals surface area contributed by atoms with Crippen LogP contribution in [0.1, 0.15) is 380 Å². The van der Waals surface area contributed by atoms with Crippen LogP contribution in [0.3, 0.4) is 0 Å². The number of ether oxygens (including phenoxy) is 1. The molecule has 0 fully saturated rings. The first-order valence-electron chi connectivity index (χ1n) is 33.5. The lowest BCUT2D eigenvalue weighted by atomic mass is 10.0. The molecule has 73 heavy (non-hydrogen) atoms. The highest BCUT2D eigenvalue weighted by Crippen LogP contribution is 2.19. The van der Waals surface area contributed by atoms with Gasteiger partial charge in [-0.1, -0.05) is 347 Å². The molecule has 0 aliphatic rings. The largest absolute Gasteiger partial charge is 0.466 e. The van der Waals surface area contributed by atoms with Gasteiger partial charge >= 0.3 is 5.97 Å². The number of amides is 1. The molecule has 0 radical (unpaired) electrons. The van der Waals surface area contributed by atoms with E-state index in [0.29, 0.717) is 19.4 Å². The Morgan fingerprint density at radius 3 is 0.932 bits per heavy atom. The van der Waals surface area contributed by atoms with E-state index < -0.39 is 12.1 Å². The molecule has 0 spiro atoms. The number of hydrogen-bond donors (Lipinski definition) is 3. The average molecular weight is 1030 g/mol. The molecule has 6 heteroatoms. The smallest absolute Gasteiger partial charge is 0.305 e. The van der Waals surface area contributed by atoms with Gasteiger partial charge in [-0.05, 0) is 32.1 Å². The zero-order chi connectivity index (χ0) is 52.9. The molecule has 0 bridgehead atoms. The lowest BCUT2D eigenvalue weighted by Gasteiger charge is -2.20. The number of aliphatic hydroxyl groups is 2. The molecule has 0 aromatic heterocycles. The molecule has 0 saturated carbocycles. The van der Waals surface area contributed by atoms with Gasteiger partial charge in [0.25, 0.3) is 0 Å². The molecule has 2 unspecified atom stereocenters. The number of allylic oxidation sites excluding steroid dienone is 1. The Morgan fingerprint density at radius 1 is 0.370 bits per heavy atom. The van der Waals surface area contributed by atoms with Crippen molar-refractivity contribution in [3.8, 4) is 0 Å².